The Bertz CT molecular complexity index is 1260. The van der Waals surface area contributed by atoms with E-state index < -0.39 is 0 Å². The lowest BCUT2D eigenvalue weighted by molar-refractivity contribution is 0.422. The van der Waals surface area contributed by atoms with Crippen molar-refractivity contribution >= 4 is 5.82 Å². The number of hydrogen-bond donors (Lipinski definition) is 1. The van der Waals surface area contributed by atoms with Gasteiger partial charge in [0.25, 0.3) is 5.95 Å². The van der Waals surface area contributed by atoms with E-state index in [-0.39, 0.29) is 11.2 Å². The molecule has 5 rings (SSSR count). The highest BCUT2D eigenvalue weighted by Gasteiger charge is 2.35. The molecule has 1 aliphatic heterocycles. The van der Waals surface area contributed by atoms with Gasteiger partial charge in [0, 0.05) is 47.1 Å². The minimum absolute atomic E-state index is 0.250. The molecule has 0 unspecified atom stereocenters. The first-order valence-electron chi connectivity index (χ1n) is 9.50. The predicted molar refractivity (Wildman–Crippen MR) is 110 cm³/mol. The van der Waals surface area contributed by atoms with E-state index in [0.717, 1.165) is 16.8 Å². The molecular formula is C22H19FN6O. The van der Waals surface area contributed by atoms with Gasteiger partial charge in [-0.1, -0.05) is 43.8 Å². The molecule has 0 aliphatic carbocycles. The first-order chi connectivity index (χ1) is 14.4. The molecule has 3 aromatic heterocycles. The van der Waals surface area contributed by atoms with Gasteiger partial charge in [-0.2, -0.15) is 10.1 Å². The number of nitrogens with zero attached hydrogens (tertiary/aromatic N) is 5. The highest BCUT2D eigenvalue weighted by atomic mass is 19.1. The first kappa shape index (κ1) is 18.2. The molecule has 1 aromatic carbocycles. The third-order valence-corrected chi connectivity index (χ3v) is 5.50. The molecule has 0 amide bonds. The number of rotatable bonds is 4. The van der Waals surface area contributed by atoms with Crippen LogP contribution in [0, 0.1) is 5.82 Å². The zero-order valence-electron chi connectivity index (χ0n) is 16.6. The molecule has 0 radical (unpaired) electrons. The fourth-order valence-corrected chi connectivity index (χ4v) is 3.53. The van der Waals surface area contributed by atoms with E-state index >= 15 is 0 Å². The summed E-state index contributed by atoms with van der Waals surface area (Å²) in [5, 5.41) is 11.9. The van der Waals surface area contributed by atoms with Crippen LogP contribution in [0.25, 0.3) is 17.2 Å². The summed E-state index contributed by atoms with van der Waals surface area (Å²) in [6.07, 6.45) is 5.36. The maximum absolute atomic E-state index is 14.2. The molecule has 0 bridgehead atoms. The third kappa shape index (κ3) is 2.88. The summed E-state index contributed by atoms with van der Waals surface area (Å²) in [6, 6.07) is 8.38. The van der Waals surface area contributed by atoms with Gasteiger partial charge in [0.1, 0.15) is 23.6 Å². The van der Waals surface area contributed by atoms with Crippen LogP contribution in [0.15, 0.2) is 65.8 Å². The topological polar surface area (TPSA) is 81.7 Å². The van der Waals surface area contributed by atoms with Crippen LogP contribution in [-0.2, 0) is 11.8 Å². The van der Waals surface area contributed by atoms with E-state index in [0.29, 0.717) is 35.1 Å². The van der Waals surface area contributed by atoms with Crippen molar-refractivity contribution in [3.63, 3.8) is 0 Å². The summed E-state index contributed by atoms with van der Waals surface area (Å²) in [6.45, 7) is 8.22. The molecule has 0 saturated carbocycles. The minimum atomic E-state index is -0.281. The Balaban J connectivity index is 1.58. The van der Waals surface area contributed by atoms with Crippen LogP contribution in [-0.4, -0.2) is 24.9 Å². The zero-order chi connectivity index (χ0) is 20.9. The van der Waals surface area contributed by atoms with Gasteiger partial charge in [0.15, 0.2) is 0 Å². The van der Waals surface area contributed by atoms with E-state index in [9.17, 15) is 4.39 Å². The Morgan fingerprint density at radius 2 is 2.07 bits per heavy atom. The number of hydrogen-bond acceptors (Lipinski definition) is 6. The van der Waals surface area contributed by atoms with Gasteiger partial charge in [-0.25, -0.2) is 14.1 Å². The van der Waals surface area contributed by atoms with Gasteiger partial charge < -0.3 is 9.84 Å². The molecule has 1 N–H and O–H groups in total. The molecule has 1 aliphatic rings. The van der Waals surface area contributed by atoms with Crippen molar-refractivity contribution in [3.05, 3.63) is 83.9 Å². The van der Waals surface area contributed by atoms with Crippen LogP contribution < -0.4 is 5.32 Å². The van der Waals surface area contributed by atoms with Crippen molar-refractivity contribution in [1.82, 2.24) is 24.9 Å². The number of fused-ring (bicyclic) bond motifs is 1. The Hall–Kier alpha value is -3.81. The summed E-state index contributed by atoms with van der Waals surface area (Å²) in [5.41, 5.74) is 4.13. The van der Waals surface area contributed by atoms with Crippen LogP contribution in [0.4, 0.5) is 10.2 Å². The van der Waals surface area contributed by atoms with Gasteiger partial charge in [0.05, 0.1) is 5.69 Å². The quantitative estimate of drug-likeness (QED) is 0.549. The van der Waals surface area contributed by atoms with Crippen molar-refractivity contribution in [1.29, 1.82) is 0 Å². The number of anilines is 1. The standard InChI is InChI=1S/C22H19FN6O/c1-13-22(2,3)16-11-24-21(26-20(16)25-13)29-12-15(18-8-9-30-28-18)19(27-29)10-14-6-4-5-7-17(14)23/h4-9,11-12H,1,10H2,2-3H3,(H,24,25,26). The van der Waals surface area contributed by atoms with E-state index in [4.69, 9.17) is 4.52 Å². The van der Waals surface area contributed by atoms with Crippen molar-refractivity contribution < 1.29 is 8.91 Å². The van der Waals surface area contributed by atoms with Crippen molar-refractivity contribution in [3.8, 4) is 17.2 Å². The molecule has 0 saturated heterocycles. The van der Waals surface area contributed by atoms with E-state index in [1.165, 1.54) is 12.3 Å². The Morgan fingerprint density at radius 1 is 1.23 bits per heavy atom. The maximum atomic E-state index is 14.2. The predicted octanol–water partition coefficient (Wildman–Crippen LogP) is 4.26. The maximum Gasteiger partial charge on any atom is 0.252 e. The molecule has 0 atom stereocenters. The van der Waals surface area contributed by atoms with Gasteiger partial charge in [-0.05, 0) is 11.6 Å². The number of aromatic nitrogens is 5. The summed E-state index contributed by atoms with van der Waals surface area (Å²) in [7, 11) is 0. The first-order valence-corrected chi connectivity index (χ1v) is 9.50. The van der Waals surface area contributed by atoms with Gasteiger partial charge in [-0.15, -0.1) is 0 Å². The Kier molecular flexibility index (Phi) is 4.02. The van der Waals surface area contributed by atoms with Gasteiger partial charge in [0.2, 0.25) is 0 Å². The molecule has 8 heteroatoms. The van der Waals surface area contributed by atoms with Gasteiger partial charge in [-0.3, -0.25) is 0 Å². The summed E-state index contributed by atoms with van der Waals surface area (Å²) in [4.78, 5) is 9.13. The highest BCUT2D eigenvalue weighted by molar-refractivity contribution is 5.64. The van der Waals surface area contributed by atoms with E-state index in [2.05, 4.69) is 46.0 Å². The number of allylic oxidation sites excluding steroid dienone is 1. The third-order valence-electron chi connectivity index (χ3n) is 5.50. The van der Waals surface area contributed by atoms with Crippen molar-refractivity contribution in [2.24, 2.45) is 0 Å². The lowest BCUT2D eigenvalue weighted by Gasteiger charge is -2.18. The van der Waals surface area contributed by atoms with Crippen LogP contribution in [0.5, 0.6) is 0 Å². The highest BCUT2D eigenvalue weighted by Crippen LogP contribution is 2.41. The average molecular weight is 402 g/mol. The molecular weight excluding hydrogens is 383 g/mol. The Morgan fingerprint density at radius 3 is 2.83 bits per heavy atom. The van der Waals surface area contributed by atoms with Crippen LogP contribution in [0.3, 0.4) is 0 Å². The number of halogens is 1. The van der Waals surface area contributed by atoms with Crippen LogP contribution in [0.2, 0.25) is 0 Å². The van der Waals surface area contributed by atoms with Crippen molar-refractivity contribution in [2.75, 3.05) is 5.32 Å². The second-order valence-corrected chi connectivity index (χ2v) is 7.75. The number of benzene rings is 1. The fourth-order valence-electron chi connectivity index (χ4n) is 3.53. The van der Waals surface area contributed by atoms with E-state index in [1.807, 2.05) is 0 Å². The zero-order valence-corrected chi connectivity index (χ0v) is 16.6. The van der Waals surface area contributed by atoms with Crippen LogP contribution >= 0.6 is 0 Å². The second-order valence-electron chi connectivity index (χ2n) is 7.75. The lowest BCUT2D eigenvalue weighted by Crippen LogP contribution is -2.16. The fraction of sp³-hybridized carbons (Fsp3) is 0.182. The molecule has 0 spiro atoms. The lowest BCUT2D eigenvalue weighted by atomic mass is 9.86. The van der Waals surface area contributed by atoms with Crippen molar-refractivity contribution in [2.45, 2.75) is 25.7 Å². The van der Waals surface area contributed by atoms with E-state index in [1.54, 1.807) is 41.3 Å². The summed E-state index contributed by atoms with van der Waals surface area (Å²) >= 11 is 0. The largest absolute Gasteiger partial charge is 0.364 e. The number of nitrogens with one attached hydrogen (secondary N) is 1. The second kappa shape index (κ2) is 6.62. The molecule has 7 nitrogen and oxygen atoms in total. The molecule has 30 heavy (non-hydrogen) atoms. The Labute approximate surface area is 172 Å². The normalized spacial score (nSPS) is 14.6. The summed E-state index contributed by atoms with van der Waals surface area (Å²) in [5.74, 6) is 0.831. The SMILES string of the molecule is C=C1Nc2nc(-n3cc(-c4ccon4)c(Cc4ccccc4F)n3)ncc2C1(C)C. The summed E-state index contributed by atoms with van der Waals surface area (Å²) < 4.78 is 20.8. The molecule has 4 aromatic rings. The smallest absolute Gasteiger partial charge is 0.252 e. The van der Waals surface area contributed by atoms with Crippen LogP contribution in [0.1, 0.15) is 30.7 Å². The molecule has 150 valence electrons. The molecule has 4 heterocycles. The molecule has 0 fully saturated rings. The average Bonchev–Trinajstić information content (AvgIpc) is 3.43. The minimum Gasteiger partial charge on any atom is -0.364 e. The monoisotopic (exact) mass is 402 g/mol. The van der Waals surface area contributed by atoms with Gasteiger partial charge >= 0.3 is 0 Å².